The van der Waals surface area contributed by atoms with E-state index in [2.05, 4.69) is 30.4 Å². The molecule has 0 spiro atoms. The Morgan fingerprint density at radius 1 is 1.44 bits per heavy atom. The molecule has 0 aliphatic rings. The van der Waals surface area contributed by atoms with Gasteiger partial charge in [-0.3, -0.25) is 4.98 Å². The second kappa shape index (κ2) is 5.55. The standard InChI is InChI=1S/C12H20N2OS/c1-9-5-6-11(15)10(14-9)7-13-8-12(2,3)16-4/h5-6,13,15H,7-8H2,1-4H3. The van der Waals surface area contributed by atoms with E-state index >= 15 is 0 Å². The first kappa shape index (κ1) is 13.3. The minimum absolute atomic E-state index is 0.208. The molecule has 0 amide bonds. The van der Waals surface area contributed by atoms with E-state index in [0.717, 1.165) is 17.9 Å². The molecule has 0 aliphatic carbocycles. The van der Waals surface area contributed by atoms with Gasteiger partial charge in [-0.1, -0.05) is 0 Å². The van der Waals surface area contributed by atoms with Gasteiger partial charge in [0.2, 0.25) is 0 Å². The van der Waals surface area contributed by atoms with Gasteiger partial charge >= 0.3 is 0 Å². The van der Waals surface area contributed by atoms with Gasteiger partial charge in [-0.25, -0.2) is 0 Å². The van der Waals surface area contributed by atoms with Crippen LogP contribution >= 0.6 is 11.8 Å². The van der Waals surface area contributed by atoms with Crippen LogP contribution in [-0.4, -0.2) is 27.6 Å². The molecule has 16 heavy (non-hydrogen) atoms. The lowest BCUT2D eigenvalue weighted by Gasteiger charge is -2.22. The van der Waals surface area contributed by atoms with Crippen molar-refractivity contribution in [1.82, 2.24) is 10.3 Å². The molecule has 0 radical (unpaired) electrons. The highest BCUT2D eigenvalue weighted by atomic mass is 32.2. The molecule has 1 aromatic heterocycles. The van der Waals surface area contributed by atoms with E-state index in [1.165, 1.54) is 0 Å². The van der Waals surface area contributed by atoms with E-state index in [1.54, 1.807) is 6.07 Å². The van der Waals surface area contributed by atoms with Crippen LogP contribution in [0, 0.1) is 6.92 Å². The molecule has 0 aromatic carbocycles. The largest absolute Gasteiger partial charge is 0.506 e. The minimum Gasteiger partial charge on any atom is -0.506 e. The second-order valence-corrected chi connectivity index (χ2v) is 6.00. The van der Waals surface area contributed by atoms with Crippen molar-refractivity contribution < 1.29 is 5.11 Å². The summed E-state index contributed by atoms with van der Waals surface area (Å²) >= 11 is 1.82. The molecule has 1 rings (SSSR count). The lowest BCUT2D eigenvalue weighted by molar-refractivity contribution is 0.457. The third kappa shape index (κ3) is 4.02. The van der Waals surface area contributed by atoms with Crippen molar-refractivity contribution in [2.75, 3.05) is 12.8 Å². The predicted molar refractivity (Wildman–Crippen MR) is 69.9 cm³/mol. The molecule has 0 fully saturated rings. The van der Waals surface area contributed by atoms with Crippen LogP contribution < -0.4 is 5.32 Å². The Morgan fingerprint density at radius 2 is 2.12 bits per heavy atom. The van der Waals surface area contributed by atoms with Gasteiger partial charge in [-0.05, 0) is 39.2 Å². The molecule has 0 unspecified atom stereocenters. The van der Waals surface area contributed by atoms with Gasteiger partial charge in [-0.15, -0.1) is 0 Å². The number of nitrogens with one attached hydrogen (secondary N) is 1. The van der Waals surface area contributed by atoms with E-state index in [9.17, 15) is 5.11 Å². The molecule has 90 valence electrons. The summed E-state index contributed by atoms with van der Waals surface area (Å²) in [6.45, 7) is 7.80. The van der Waals surface area contributed by atoms with E-state index in [4.69, 9.17) is 0 Å². The van der Waals surface area contributed by atoms with E-state index in [-0.39, 0.29) is 10.5 Å². The van der Waals surface area contributed by atoms with Crippen molar-refractivity contribution >= 4 is 11.8 Å². The zero-order valence-electron chi connectivity index (χ0n) is 10.4. The number of rotatable bonds is 5. The van der Waals surface area contributed by atoms with Crippen LogP contribution in [0.5, 0.6) is 5.75 Å². The smallest absolute Gasteiger partial charge is 0.138 e. The molecule has 3 nitrogen and oxygen atoms in total. The number of hydrogen-bond donors (Lipinski definition) is 2. The number of aromatic nitrogens is 1. The number of pyridine rings is 1. The van der Waals surface area contributed by atoms with Gasteiger partial charge in [0.1, 0.15) is 5.75 Å². The van der Waals surface area contributed by atoms with Gasteiger partial charge in [0.05, 0.1) is 5.69 Å². The summed E-state index contributed by atoms with van der Waals surface area (Å²) in [6.07, 6.45) is 2.10. The van der Waals surface area contributed by atoms with Crippen LogP contribution in [0.2, 0.25) is 0 Å². The van der Waals surface area contributed by atoms with Crippen molar-refractivity contribution in [1.29, 1.82) is 0 Å². The Kier molecular flexibility index (Phi) is 4.62. The Hall–Kier alpha value is -0.740. The zero-order chi connectivity index (χ0) is 12.2. The van der Waals surface area contributed by atoms with Crippen LogP contribution in [0.25, 0.3) is 0 Å². The van der Waals surface area contributed by atoms with Gasteiger partial charge in [0.25, 0.3) is 0 Å². The number of hydrogen-bond acceptors (Lipinski definition) is 4. The fourth-order valence-electron chi connectivity index (χ4n) is 1.29. The van der Waals surface area contributed by atoms with Gasteiger partial charge in [0, 0.05) is 23.5 Å². The second-order valence-electron chi connectivity index (χ2n) is 4.49. The maximum atomic E-state index is 9.61. The molecular formula is C12H20N2OS. The van der Waals surface area contributed by atoms with E-state index in [1.807, 2.05) is 24.8 Å². The summed E-state index contributed by atoms with van der Waals surface area (Å²) in [5.74, 6) is 0.264. The molecule has 1 heterocycles. The number of aryl methyl sites for hydroxylation is 1. The number of nitrogens with zero attached hydrogens (tertiary/aromatic N) is 1. The maximum absolute atomic E-state index is 9.61. The summed E-state index contributed by atoms with van der Waals surface area (Å²) in [5, 5.41) is 12.9. The molecule has 4 heteroatoms. The summed E-state index contributed by atoms with van der Waals surface area (Å²) < 4.78 is 0.208. The molecule has 0 atom stereocenters. The number of thioether (sulfide) groups is 1. The molecule has 0 saturated heterocycles. The summed E-state index contributed by atoms with van der Waals surface area (Å²) in [4.78, 5) is 4.30. The lowest BCUT2D eigenvalue weighted by atomic mass is 10.2. The zero-order valence-corrected chi connectivity index (χ0v) is 11.2. The summed E-state index contributed by atoms with van der Waals surface area (Å²) in [6, 6.07) is 3.50. The highest BCUT2D eigenvalue weighted by Crippen LogP contribution is 2.20. The first-order valence-electron chi connectivity index (χ1n) is 5.36. The topological polar surface area (TPSA) is 45.2 Å². The Labute approximate surface area is 102 Å². The average molecular weight is 240 g/mol. The van der Waals surface area contributed by atoms with Gasteiger partial charge in [0.15, 0.2) is 0 Å². The van der Waals surface area contributed by atoms with Crippen LogP contribution in [0.15, 0.2) is 12.1 Å². The highest BCUT2D eigenvalue weighted by Gasteiger charge is 2.15. The van der Waals surface area contributed by atoms with Gasteiger partial charge in [-0.2, -0.15) is 11.8 Å². The fourth-order valence-corrected chi connectivity index (χ4v) is 1.53. The number of aromatic hydroxyl groups is 1. The molecule has 2 N–H and O–H groups in total. The van der Waals surface area contributed by atoms with Crippen LogP contribution in [0.1, 0.15) is 25.2 Å². The normalized spacial score (nSPS) is 11.8. The summed E-state index contributed by atoms with van der Waals surface area (Å²) in [7, 11) is 0. The third-order valence-corrected chi connectivity index (χ3v) is 3.73. The summed E-state index contributed by atoms with van der Waals surface area (Å²) in [5.41, 5.74) is 1.65. The molecule has 0 aliphatic heterocycles. The third-order valence-electron chi connectivity index (χ3n) is 2.49. The van der Waals surface area contributed by atoms with Crippen molar-refractivity contribution in [2.24, 2.45) is 0 Å². The molecule has 0 saturated carbocycles. The fraction of sp³-hybridized carbons (Fsp3) is 0.583. The van der Waals surface area contributed by atoms with Gasteiger partial charge < -0.3 is 10.4 Å². The first-order valence-corrected chi connectivity index (χ1v) is 6.58. The Morgan fingerprint density at radius 3 is 2.75 bits per heavy atom. The van der Waals surface area contributed by atoms with E-state index in [0.29, 0.717) is 6.54 Å². The van der Waals surface area contributed by atoms with Crippen molar-refractivity contribution in [3.05, 3.63) is 23.5 Å². The SMILES string of the molecule is CSC(C)(C)CNCc1nc(C)ccc1O. The van der Waals surface area contributed by atoms with Crippen molar-refractivity contribution in [3.63, 3.8) is 0 Å². The molecule has 1 aromatic rings. The molecular weight excluding hydrogens is 220 g/mol. The average Bonchev–Trinajstić information content (AvgIpc) is 2.23. The Bertz CT molecular complexity index is 353. The minimum atomic E-state index is 0.208. The quantitative estimate of drug-likeness (QED) is 0.829. The maximum Gasteiger partial charge on any atom is 0.138 e. The monoisotopic (exact) mass is 240 g/mol. The van der Waals surface area contributed by atoms with Crippen LogP contribution in [0.3, 0.4) is 0 Å². The first-order chi connectivity index (χ1) is 7.44. The van der Waals surface area contributed by atoms with Crippen molar-refractivity contribution in [3.8, 4) is 5.75 Å². The Balaban J connectivity index is 2.52. The van der Waals surface area contributed by atoms with Crippen molar-refractivity contribution in [2.45, 2.75) is 32.1 Å². The van der Waals surface area contributed by atoms with E-state index < -0.39 is 0 Å². The molecule has 0 bridgehead atoms. The predicted octanol–water partition coefficient (Wildman–Crippen LogP) is 2.33. The highest BCUT2D eigenvalue weighted by molar-refractivity contribution is 7.99. The lowest BCUT2D eigenvalue weighted by Crippen LogP contribution is -2.31. The van der Waals surface area contributed by atoms with Crippen LogP contribution in [0.4, 0.5) is 0 Å². The van der Waals surface area contributed by atoms with Crippen LogP contribution in [-0.2, 0) is 6.54 Å².